The summed E-state index contributed by atoms with van der Waals surface area (Å²) in [5.41, 5.74) is 8.14. The molecule has 4 aromatic heterocycles. The van der Waals surface area contributed by atoms with Crippen LogP contribution in [0.15, 0.2) is 0 Å². The molecule has 8 bridgehead atoms. The molecule has 0 fully saturated rings. The third-order valence-electron chi connectivity index (χ3n) is 8.26. The summed E-state index contributed by atoms with van der Waals surface area (Å²) in [4.78, 5) is 43.9. The van der Waals surface area contributed by atoms with Crippen molar-refractivity contribution in [3.63, 3.8) is 0 Å². The van der Waals surface area contributed by atoms with Crippen molar-refractivity contribution in [3.05, 3.63) is 88.0 Å². The number of rotatable bonds is 7. The number of hydrogen-bond acceptors (Lipinski definition) is 4. The fourth-order valence-electron chi connectivity index (χ4n) is 5.88. The van der Waals surface area contributed by atoms with Gasteiger partial charge < -0.3 is 30.1 Å². The van der Waals surface area contributed by atoms with E-state index in [0.29, 0.717) is 40.7 Å². The second kappa shape index (κ2) is 13.9. The largest absolute Gasteiger partial charge is 4.00 e. The zero-order valence-electron chi connectivity index (χ0n) is 25.7. The van der Waals surface area contributed by atoms with Gasteiger partial charge in [-0.05, 0) is 62.8 Å². The normalized spacial score (nSPS) is 16.3. The molecule has 5 rings (SSSR count). The standard InChI is InChI=1S/C34H34N4O4S2.Fe/c1-16-21(6-8-32(39)40)29-15-30-22(7-9-33(41)42)17(2)25(36-30)13-28-23(10-11-43)18(3)26(37-28)14-31-34(20(5)44)19(4)27(38-31)12-24(16)35-29;/h10,12-15,43-44H,6-9,11H2,1-5H3,(H,39,40)(H,41,42);/q-4;+4/b23-10+,24-12-,28-13-,29-15-,31-14-,34-20+;. The van der Waals surface area contributed by atoms with Gasteiger partial charge in [0.2, 0.25) is 0 Å². The van der Waals surface area contributed by atoms with Gasteiger partial charge in [-0.15, -0.1) is 56.8 Å². The molecule has 11 heteroatoms. The van der Waals surface area contributed by atoms with E-state index in [4.69, 9.17) is 32.6 Å². The van der Waals surface area contributed by atoms with Gasteiger partial charge in [0.05, 0.1) is 0 Å². The Hall–Kier alpha value is -3.50. The van der Waals surface area contributed by atoms with E-state index in [1.165, 1.54) is 0 Å². The first-order valence-corrected chi connectivity index (χ1v) is 15.4. The molecule has 0 spiro atoms. The van der Waals surface area contributed by atoms with Crippen molar-refractivity contribution in [2.24, 2.45) is 0 Å². The molecule has 0 amide bonds. The molecule has 5 heterocycles. The predicted molar refractivity (Wildman–Crippen MR) is 178 cm³/mol. The van der Waals surface area contributed by atoms with E-state index in [1.54, 1.807) is 0 Å². The summed E-state index contributed by atoms with van der Waals surface area (Å²) in [7, 11) is 0. The summed E-state index contributed by atoms with van der Waals surface area (Å²) in [5, 5.41) is 23.6. The number of fused-ring (bicyclic) bond motifs is 8. The molecule has 0 aromatic carbocycles. The zero-order chi connectivity index (χ0) is 31.9. The van der Waals surface area contributed by atoms with Gasteiger partial charge >= 0.3 is 29.0 Å². The summed E-state index contributed by atoms with van der Waals surface area (Å²) in [6, 6.07) is 0. The number of aliphatic carboxylic acids is 2. The van der Waals surface area contributed by atoms with E-state index in [2.05, 4.69) is 12.6 Å². The summed E-state index contributed by atoms with van der Waals surface area (Å²) in [5.74, 6) is -1.27. The van der Waals surface area contributed by atoms with Gasteiger partial charge in [0.1, 0.15) is 0 Å². The number of aromatic nitrogens is 4. The first-order valence-electron chi connectivity index (χ1n) is 14.4. The Kier molecular flexibility index (Phi) is 10.6. The zero-order valence-corrected chi connectivity index (χ0v) is 28.6. The molecule has 2 N–H and O–H groups in total. The molecule has 0 atom stereocenters. The Morgan fingerprint density at radius 2 is 1.22 bits per heavy atom. The molecule has 4 aromatic rings. The molecular weight excluding hydrogens is 648 g/mol. The third kappa shape index (κ3) is 6.87. The Bertz CT molecular complexity index is 2200. The Labute approximate surface area is 282 Å². The van der Waals surface area contributed by atoms with Crippen LogP contribution in [-0.4, -0.2) is 27.9 Å². The summed E-state index contributed by atoms with van der Waals surface area (Å²) < 4.78 is 0. The van der Waals surface area contributed by atoms with Crippen molar-refractivity contribution in [1.29, 1.82) is 0 Å². The average molecular weight is 683 g/mol. The van der Waals surface area contributed by atoms with Gasteiger partial charge in [0.25, 0.3) is 0 Å². The second-order valence-electron chi connectivity index (χ2n) is 11.1. The van der Waals surface area contributed by atoms with Crippen molar-refractivity contribution in [2.75, 3.05) is 5.75 Å². The molecular formula is C34H34FeN4O4S2. The summed E-state index contributed by atoms with van der Waals surface area (Å²) >= 11 is 9.16. The Balaban J connectivity index is 0.00000461. The average Bonchev–Trinajstić information content (AvgIpc) is 3.61. The van der Waals surface area contributed by atoms with Crippen LogP contribution in [0.1, 0.15) is 75.9 Å². The van der Waals surface area contributed by atoms with E-state index in [1.807, 2.05) is 65.0 Å². The molecule has 1 aliphatic heterocycles. The van der Waals surface area contributed by atoms with Crippen molar-refractivity contribution >= 4 is 72.5 Å². The predicted octanol–water partition coefficient (Wildman–Crippen LogP) is 0.178. The maximum atomic E-state index is 11.6. The van der Waals surface area contributed by atoms with Crippen LogP contribution in [0.5, 0.6) is 0 Å². The van der Waals surface area contributed by atoms with Crippen molar-refractivity contribution in [2.45, 2.75) is 60.3 Å². The van der Waals surface area contributed by atoms with E-state index in [-0.39, 0.29) is 29.9 Å². The molecule has 1 aliphatic rings. The number of hydrogen-bond donors (Lipinski definition) is 4. The minimum atomic E-state index is -0.898. The van der Waals surface area contributed by atoms with Crippen LogP contribution in [0.25, 0.3) is 35.3 Å². The van der Waals surface area contributed by atoms with Crippen LogP contribution >= 0.6 is 25.3 Å². The number of carboxylic acid groups (broad SMARTS) is 2. The molecule has 0 saturated heterocycles. The van der Waals surface area contributed by atoms with Crippen LogP contribution in [0, 0.1) is 27.7 Å². The van der Waals surface area contributed by atoms with E-state index in [9.17, 15) is 19.8 Å². The van der Waals surface area contributed by atoms with Crippen molar-refractivity contribution in [3.8, 4) is 0 Å². The van der Waals surface area contributed by atoms with Gasteiger partial charge in [0.15, 0.2) is 0 Å². The quantitative estimate of drug-likeness (QED) is 0.141. The van der Waals surface area contributed by atoms with Crippen LogP contribution in [0.2, 0.25) is 0 Å². The van der Waals surface area contributed by atoms with Gasteiger partial charge in [-0.25, -0.2) is 0 Å². The molecule has 0 unspecified atom stereocenters. The smallest absolute Gasteiger partial charge is 0.657 e. The van der Waals surface area contributed by atoms with Crippen molar-refractivity contribution in [1.82, 2.24) is 19.9 Å². The van der Waals surface area contributed by atoms with Gasteiger partial charge in [0, 0.05) is 18.6 Å². The summed E-state index contributed by atoms with van der Waals surface area (Å²) in [6.45, 7) is 9.85. The molecule has 234 valence electrons. The van der Waals surface area contributed by atoms with Gasteiger partial charge in [-0.1, -0.05) is 63.8 Å². The summed E-state index contributed by atoms with van der Waals surface area (Å²) in [6.07, 6.45) is 10.2. The molecule has 0 radical (unpaired) electrons. The fraction of sp³-hybridized carbons (Fsp3) is 0.294. The molecule has 45 heavy (non-hydrogen) atoms. The number of nitrogens with zero attached hydrogens (tertiary/aromatic N) is 4. The maximum absolute atomic E-state index is 11.6. The number of thiol groups is 2. The maximum Gasteiger partial charge on any atom is 4.00 e. The van der Waals surface area contributed by atoms with Gasteiger partial charge in [-0.3, -0.25) is 9.59 Å². The van der Waals surface area contributed by atoms with E-state index >= 15 is 0 Å². The van der Waals surface area contributed by atoms with Crippen molar-refractivity contribution < 1.29 is 36.9 Å². The minimum absolute atomic E-state index is 0. The Morgan fingerprint density at radius 3 is 1.84 bits per heavy atom. The van der Waals surface area contributed by atoms with Crippen LogP contribution < -0.4 is 51.8 Å². The fourth-order valence-corrected chi connectivity index (χ4v) is 6.35. The van der Waals surface area contributed by atoms with Crippen LogP contribution in [-0.2, 0) is 39.5 Å². The third-order valence-corrected chi connectivity index (χ3v) is 8.67. The monoisotopic (exact) mass is 682 g/mol. The molecule has 0 aliphatic carbocycles. The van der Waals surface area contributed by atoms with Crippen LogP contribution in [0.3, 0.4) is 0 Å². The number of carboxylic acids is 2. The van der Waals surface area contributed by atoms with E-state index in [0.717, 1.165) is 70.8 Å². The second-order valence-corrected chi connectivity index (χ2v) is 12.1. The SMILES string of the molecule is C/C(S)=c1/c(C)c2[n-]/c1=C\c1[n-]c(/c(=C/CS)c1C)=C\c1[n-]c(c(CCC(=O)O)c1C)/C=c1\[n-]/c(c(C)c1CCC(=O)O)=C\2.[Fe+4]. The molecule has 8 nitrogen and oxygen atoms in total. The Morgan fingerprint density at radius 1 is 0.689 bits per heavy atom. The van der Waals surface area contributed by atoms with E-state index < -0.39 is 11.9 Å². The first kappa shape index (κ1) is 34.4. The molecule has 0 saturated carbocycles. The van der Waals surface area contributed by atoms with Gasteiger partial charge in [-0.2, -0.15) is 12.6 Å². The van der Waals surface area contributed by atoms with Crippen LogP contribution in [0.4, 0.5) is 0 Å². The minimum Gasteiger partial charge on any atom is -0.657 e. The topological polar surface area (TPSA) is 131 Å². The number of carbonyl (C=O) groups is 2. The first-order chi connectivity index (χ1) is 20.9.